The van der Waals surface area contributed by atoms with Gasteiger partial charge < -0.3 is 14.0 Å². The van der Waals surface area contributed by atoms with Gasteiger partial charge in [-0.05, 0) is 36.4 Å². The summed E-state index contributed by atoms with van der Waals surface area (Å²) in [5.41, 5.74) is 1.50. The molecule has 0 spiro atoms. The molecule has 0 amide bonds. The van der Waals surface area contributed by atoms with Gasteiger partial charge in [-0.25, -0.2) is 18.4 Å². The highest BCUT2D eigenvalue weighted by atomic mass is 127. The molecule has 0 radical (unpaired) electrons. The molecule has 4 heterocycles. The number of ether oxygens (including phenoxy) is 1. The molecule has 11 heteroatoms. The van der Waals surface area contributed by atoms with E-state index in [2.05, 4.69) is 56.8 Å². The van der Waals surface area contributed by atoms with Crippen molar-refractivity contribution in [2.24, 2.45) is 0 Å². The predicted molar refractivity (Wildman–Crippen MR) is 120 cm³/mol. The van der Waals surface area contributed by atoms with Crippen LogP contribution in [0.2, 0.25) is 0 Å². The van der Waals surface area contributed by atoms with Crippen LogP contribution in [0, 0.1) is 3.70 Å². The summed E-state index contributed by atoms with van der Waals surface area (Å²) in [6, 6.07) is 0. The summed E-state index contributed by atoms with van der Waals surface area (Å²) in [5, 5.41) is 0. The Morgan fingerprint density at radius 1 is 1.03 bits per heavy atom. The first kappa shape index (κ1) is 21.2. The van der Waals surface area contributed by atoms with E-state index in [1.807, 2.05) is 6.20 Å². The summed E-state index contributed by atoms with van der Waals surface area (Å²) in [6.45, 7) is 9.69. The van der Waals surface area contributed by atoms with E-state index in [0.29, 0.717) is 39.4 Å². The fraction of sp³-hybridized carbons (Fsp3) is 0.667. The number of imidazole rings is 1. The third-order valence-corrected chi connectivity index (χ3v) is 7.65. The maximum atomic E-state index is 11.8. The van der Waals surface area contributed by atoms with Gasteiger partial charge in [-0.1, -0.05) is 0 Å². The summed E-state index contributed by atoms with van der Waals surface area (Å²) >= 11 is 2.24. The lowest BCUT2D eigenvalue weighted by Crippen LogP contribution is -2.54. The number of nitrogens with zero attached hydrogens (tertiary/aromatic N) is 6. The van der Waals surface area contributed by atoms with Gasteiger partial charge in [-0.2, -0.15) is 4.31 Å². The van der Waals surface area contributed by atoms with Crippen molar-refractivity contribution in [3.63, 3.8) is 0 Å². The number of halogens is 1. The van der Waals surface area contributed by atoms with E-state index in [0.717, 1.165) is 33.9 Å². The Morgan fingerprint density at radius 2 is 1.69 bits per heavy atom. The molecule has 160 valence electrons. The smallest absolute Gasteiger partial charge is 0.211 e. The molecule has 2 aromatic rings. The highest BCUT2D eigenvalue weighted by Crippen LogP contribution is 2.31. The number of hydrogen-bond acceptors (Lipinski definition) is 7. The first-order valence-electron chi connectivity index (χ1n) is 9.75. The number of morpholine rings is 1. The van der Waals surface area contributed by atoms with Crippen molar-refractivity contribution in [2.75, 3.05) is 63.6 Å². The van der Waals surface area contributed by atoms with Crippen molar-refractivity contribution >= 4 is 44.1 Å². The number of sulfonamides is 1. The summed E-state index contributed by atoms with van der Waals surface area (Å²) in [6.07, 6.45) is 5.35. The van der Waals surface area contributed by atoms with E-state index in [-0.39, 0.29) is 5.54 Å². The summed E-state index contributed by atoms with van der Waals surface area (Å²) in [4.78, 5) is 14.3. The first-order valence-corrected chi connectivity index (χ1v) is 12.7. The average molecular weight is 534 g/mol. The quantitative estimate of drug-likeness (QED) is 0.541. The van der Waals surface area contributed by atoms with Gasteiger partial charge >= 0.3 is 0 Å². The molecule has 9 nitrogen and oxygen atoms in total. The molecular formula is C18H27IN6O3S. The Hall–Kier alpha value is -1.02. The van der Waals surface area contributed by atoms with E-state index in [1.165, 1.54) is 6.26 Å². The fourth-order valence-corrected chi connectivity index (χ4v) is 5.33. The zero-order chi connectivity index (χ0) is 20.8. The molecule has 4 rings (SSSR count). The molecular weight excluding hydrogens is 507 g/mol. The van der Waals surface area contributed by atoms with Crippen LogP contribution in [0.25, 0.3) is 5.65 Å². The molecule has 0 atom stereocenters. The van der Waals surface area contributed by atoms with Gasteiger partial charge in [0.2, 0.25) is 10.0 Å². The number of aromatic nitrogens is 3. The molecule has 2 aliphatic rings. The second kappa shape index (κ2) is 7.91. The molecule has 0 unspecified atom stereocenters. The lowest BCUT2D eigenvalue weighted by atomic mass is 9.98. The van der Waals surface area contributed by atoms with Crippen molar-refractivity contribution in [2.45, 2.75) is 19.4 Å². The number of fused-ring (bicyclic) bond motifs is 1. The third kappa shape index (κ3) is 4.24. The Bertz CT molecular complexity index is 994. The van der Waals surface area contributed by atoms with Crippen LogP contribution in [0.15, 0.2) is 12.4 Å². The molecule has 2 aliphatic heterocycles. The van der Waals surface area contributed by atoms with Gasteiger partial charge in [-0.15, -0.1) is 0 Å². The van der Waals surface area contributed by atoms with Crippen molar-refractivity contribution in [1.82, 2.24) is 23.6 Å². The van der Waals surface area contributed by atoms with Gasteiger partial charge in [0.05, 0.1) is 30.7 Å². The van der Waals surface area contributed by atoms with Gasteiger partial charge in [-0.3, -0.25) is 4.90 Å². The lowest BCUT2D eigenvalue weighted by Gasteiger charge is -2.42. The number of piperazine rings is 1. The van der Waals surface area contributed by atoms with Gasteiger partial charge in [0, 0.05) is 51.7 Å². The maximum Gasteiger partial charge on any atom is 0.211 e. The Balaban J connectivity index is 1.63. The fourth-order valence-electron chi connectivity index (χ4n) is 3.98. The molecule has 0 saturated carbocycles. The predicted octanol–water partition coefficient (Wildman–Crippen LogP) is 0.983. The molecule has 2 fully saturated rings. The number of rotatable bonds is 4. The summed E-state index contributed by atoms with van der Waals surface area (Å²) < 4.78 is 33.6. The zero-order valence-electron chi connectivity index (χ0n) is 17.0. The topological polar surface area (TPSA) is 83.3 Å². The summed E-state index contributed by atoms with van der Waals surface area (Å²) in [5.74, 6) is 0.893. The second-order valence-corrected chi connectivity index (χ2v) is 11.1. The van der Waals surface area contributed by atoms with E-state index >= 15 is 0 Å². The highest BCUT2D eigenvalue weighted by Gasteiger charge is 2.35. The normalized spacial score (nSPS) is 20.5. The van der Waals surface area contributed by atoms with Gasteiger partial charge in [0.15, 0.2) is 11.5 Å². The Morgan fingerprint density at radius 3 is 2.31 bits per heavy atom. The first-order chi connectivity index (χ1) is 13.7. The third-order valence-electron chi connectivity index (χ3n) is 5.83. The van der Waals surface area contributed by atoms with Crippen LogP contribution in [0.3, 0.4) is 0 Å². The minimum Gasteiger partial charge on any atom is -0.378 e. The maximum absolute atomic E-state index is 11.8. The van der Waals surface area contributed by atoms with Crippen LogP contribution in [0.5, 0.6) is 0 Å². The van der Waals surface area contributed by atoms with Crippen LogP contribution < -0.4 is 4.90 Å². The minimum absolute atomic E-state index is 0.316. The van der Waals surface area contributed by atoms with Crippen LogP contribution in [-0.4, -0.2) is 90.7 Å². The SMILES string of the molecule is CC(C)(c1cn2cc(I)nc(N3CCOCC3)c2n1)N1CCN(S(C)(=O)=O)CC1. The van der Waals surface area contributed by atoms with Crippen LogP contribution >= 0.6 is 22.6 Å². The van der Waals surface area contributed by atoms with E-state index in [1.54, 1.807) is 4.31 Å². The monoisotopic (exact) mass is 534 g/mol. The highest BCUT2D eigenvalue weighted by molar-refractivity contribution is 14.1. The molecule has 0 bridgehead atoms. The van der Waals surface area contributed by atoms with Crippen molar-refractivity contribution in [3.05, 3.63) is 21.8 Å². The molecule has 2 saturated heterocycles. The van der Waals surface area contributed by atoms with Crippen molar-refractivity contribution in [3.8, 4) is 0 Å². The van der Waals surface area contributed by atoms with Crippen molar-refractivity contribution in [1.29, 1.82) is 0 Å². The molecule has 2 aromatic heterocycles. The van der Waals surface area contributed by atoms with E-state index in [9.17, 15) is 8.42 Å². The second-order valence-electron chi connectivity index (χ2n) is 8.05. The molecule has 29 heavy (non-hydrogen) atoms. The van der Waals surface area contributed by atoms with Crippen LogP contribution in [0.1, 0.15) is 19.5 Å². The van der Waals surface area contributed by atoms with Crippen molar-refractivity contribution < 1.29 is 13.2 Å². The van der Waals surface area contributed by atoms with Crippen LogP contribution in [-0.2, 0) is 20.3 Å². The molecule has 0 aliphatic carbocycles. The number of anilines is 1. The average Bonchev–Trinajstić information content (AvgIpc) is 3.12. The van der Waals surface area contributed by atoms with E-state index in [4.69, 9.17) is 14.7 Å². The lowest BCUT2D eigenvalue weighted by molar-refractivity contribution is 0.0753. The molecule has 0 N–H and O–H groups in total. The van der Waals surface area contributed by atoms with Crippen LogP contribution in [0.4, 0.5) is 5.82 Å². The standard InChI is InChI=1S/C18H27IN6O3S/c1-18(2,24-4-6-25(7-5-24)29(3,26)27)14-12-23-13-15(19)21-17(16(23)20-14)22-8-10-28-11-9-22/h12-13H,4-11H2,1-3H3. The Labute approximate surface area is 185 Å². The minimum atomic E-state index is -3.14. The largest absolute Gasteiger partial charge is 0.378 e. The number of hydrogen-bond donors (Lipinski definition) is 0. The summed E-state index contributed by atoms with van der Waals surface area (Å²) in [7, 11) is -3.14. The zero-order valence-corrected chi connectivity index (χ0v) is 20.0. The van der Waals surface area contributed by atoms with Gasteiger partial charge in [0.1, 0.15) is 3.70 Å². The van der Waals surface area contributed by atoms with Gasteiger partial charge in [0.25, 0.3) is 0 Å². The Kier molecular flexibility index (Phi) is 5.79. The molecule has 0 aromatic carbocycles. The van der Waals surface area contributed by atoms with E-state index < -0.39 is 10.0 Å².